The standard InChI is InChI=1S/C13H22N4O3/c1-4-14-11-15-12(19-3)17-13(16-11)20-10-7-5-6-9(8-10)18-2/h9-10H,4-8H2,1-3H3,(H,14,15,16,17). The van der Waals surface area contributed by atoms with Crippen LogP contribution in [0, 0.1) is 0 Å². The van der Waals surface area contributed by atoms with Crippen LogP contribution in [0.25, 0.3) is 0 Å². The molecule has 0 amide bonds. The van der Waals surface area contributed by atoms with E-state index in [-0.39, 0.29) is 18.2 Å². The van der Waals surface area contributed by atoms with Gasteiger partial charge in [-0.15, -0.1) is 4.98 Å². The minimum atomic E-state index is 0.0790. The molecule has 1 aromatic rings. The number of aromatic nitrogens is 3. The van der Waals surface area contributed by atoms with Crippen molar-refractivity contribution in [3.8, 4) is 12.0 Å². The molecular formula is C13H22N4O3. The third-order valence-electron chi connectivity index (χ3n) is 3.30. The first-order valence-corrected chi connectivity index (χ1v) is 6.98. The van der Waals surface area contributed by atoms with E-state index >= 15 is 0 Å². The van der Waals surface area contributed by atoms with E-state index in [9.17, 15) is 0 Å². The van der Waals surface area contributed by atoms with Gasteiger partial charge >= 0.3 is 12.0 Å². The molecule has 1 aliphatic rings. The van der Waals surface area contributed by atoms with Crippen LogP contribution in [0.2, 0.25) is 0 Å². The van der Waals surface area contributed by atoms with Crippen LogP contribution in [0.15, 0.2) is 0 Å². The van der Waals surface area contributed by atoms with Gasteiger partial charge in [0.2, 0.25) is 5.95 Å². The summed E-state index contributed by atoms with van der Waals surface area (Å²) in [6, 6.07) is 0.555. The number of ether oxygens (including phenoxy) is 3. The van der Waals surface area contributed by atoms with Crippen molar-refractivity contribution in [2.75, 3.05) is 26.1 Å². The highest BCUT2D eigenvalue weighted by molar-refractivity contribution is 5.27. The summed E-state index contributed by atoms with van der Waals surface area (Å²) in [7, 11) is 3.26. The van der Waals surface area contributed by atoms with Crippen LogP contribution >= 0.6 is 0 Å². The van der Waals surface area contributed by atoms with Crippen molar-refractivity contribution in [1.82, 2.24) is 15.0 Å². The van der Waals surface area contributed by atoms with Gasteiger partial charge in [-0.3, -0.25) is 0 Å². The second-order valence-electron chi connectivity index (χ2n) is 4.72. The Balaban J connectivity index is 2.05. The second-order valence-corrected chi connectivity index (χ2v) is 4.72. The Morgan fingerprint density at radius 1 is 1.10 bits per heavy atom. The fourth-order valence-corrected chi connectivity index (χ4v) is 2.29. The SMILES string of the molecule is CCNc1nc(OC)nc(OC2CCCC(OC)C2)n1. The zero-order chi connectivity index (χ0) is 14.4. The normalized spacial score (nSPS) is 22.4. The van der Waals surface area contributed by atoms with Crippen molar-refractivity contribution >= 4 is 5.95 Å². The van der Waals surface area contributed by atoms with Crippen LogP contribution in [0.4, 0.5) is 5.95 Å². The van der Waals surface area contributed by atoms with Crippen LogP contribution in [0.5, 0.6) is 12.0 Å². The van der Waals surface area contributed by atoms with E-state index in [4.69, 9.17) is 14.2 Å². The Bertz CT molecular complexity index is 430. The molecule has 0 bridgehead atoms. The maximum Gasteiger partial charge on any atom is 0.324 e. The Kier molecular flexibility index (Phi) is 5.34. The fourth-order valence-electron chi connectivity index (χ4n) is 2.29. The van der Waals surface area contributed by atoms with Gasteiger partial charge < -0.3 is 19.5 Å². The van der Waals surface area contributed by atoms with Crippen LogP contribution in [-0.4, -0.2) is 47.9 Å². The molecule has 0 radical (unpaired) electrons. The van der Waals surface area contributed by atoms with E-state index in [1.54, 1.807) is 7.11 Å². The third-order valence-corrected chi connectivity index (χ3v) is 3.30. The number of anilines is 1. The van der Waals surface area contributed by atoms with Gasteiger partial charge in [-0.05, 0) is 26.2 Å². The molecule has 1 aromatic heterocycles. The van der Waals surface area contributed by atoms with E-state index < -0.39 is 0 Å². The highest BCUT2D eigenvalue weighted by Crippen LogP contribution is 2.24. The Morgan fingerprint density at radius 2 is 1.85 bits per heavy atom. The number of rotatable bonds is 6. The van der Waals surface area contributed by atoms with Crippen molar-refractivity contribution in [2.24, 2.45) is 0 Å². The van der Waals surface area contributed by atoms with Crippen molar-refractivity contribution < 1.29 is 14.2 Å². The molecule has 7 heteroatoms. The van der Waals surface area contributed by atoms with Gasteiger partial charge in [0, 0.05) is 20.1 Å². The molecule has 0 aliphatic heterocycles. The monoisotopic (exact) mass is 282 g/mol. The molecule has 0 saturated heterocycles. The van der Waals surface area contributed by atoms with Crippen molar-refractivity contribution in [3.63, 3.8) is 0 Å². The fraction of sp³-hybridized carbons (Fsp3) is 0.769. The molecular weight excluding hydrogens is 260 g/mol. The van der Waals surface area contributed by atoms with E-state index in [0.29, 0.717) is 12.0 Å². The number of hydrogen-bond donors (Lipinski definition) is 1. The predicted octanol–water partition coefficient (Wildman–Crippen LogP) is 1.65. The summed E-state index contributed by atoms with van der Waals surface area (Å²) in [5.74, 6) is 0.466. The number of nitrogens with one attached hydrogen (secondary N) is 1. The third kappa shape index (κ3) is 3.93. The number of hydrogen-bond acceptors (Lipinski definition) is 7. The molecule has 1 aliphatic carbocycles. The maximum atomic E-state index is 5.85. The average Bonchev–Trinajstić information content (AvgIpc) is 2.47. The van der Waals surface area contributed by atoms with Gasteiger partial charge in [0.05, 0.1) is 13.2 Å². The molecule has 112 valence electrons. The molecule has 0 aromatic carbocycles. The van der Waals surface area contributed by atoms with Gasteiger partial charge in [0.25, 0.3) is 0 Å². The van der Waals surface area contributed by atoms with Crippen LogP contribution in [0.1, 0.15) is 32.6 Å². The molecule has 20 heavy (non-hydrogen) atoms. The lowest BCUT2D eigenvalue weighted by Gasteiger charge is -2.27. The van der Waals surface area contributed by atoms with Crippen LogP contribution in [-0.2, 0) is 4.74 Å². The van der Waals surface area contributed by atoms with Gasteiger partial charge in [0.1, 0.15) is 6.10 Å². The molecule has 2 atom stereocenters. The van der Waals surface area contributed by atoms with E-state index in [1.165, 1.54) is 7.11 Å². The van der Waals surface area contributed by atoms with Gasteiger partial charge in [-0.1, -0.05) is 0 Å². The molecule has 2 unspecified atom stereocenters. The van der Waals surface area contributed by atoms with Crippen LogP contribution < -0.4 is 14.8 Å². The van der Waals surface area contributed by atoms with E-state index in [1.807, 2.05) is 6.92 Å². The summed E-state index contributed by atoms with van der Waals surface area (Å²) < 4.78 is 16.3. The minimum Gasteiger partial charge on any atom is -0.467 e. The molecule has 7 nitrogen and oxygen atoms in total. The van der Waals surface area contributed by atoms with Gasteiger partial charge in [-0.2, -0.15) is 9.97 Å². The maximum absolute atomic E-state index is 5.85. The first-order valence-electron chi connectivity index (χ1n) is 6.98. The summed E-state index contributed by atoms with van der Waals surface area (Å²) in [4.78, 5) is 12.5. The summed E-state index contributed by atoms with van der Waals surface area (Å²) in [5, 5.41) is 3.03. The molecule has 1 fully saturated rings. The van der Waals surface area contributed by atoms with Crippen LogP contribution in [0.3, 0.4) is 0 Å². The quantitative estimate of drug-likeness (QED) is 0.849. The molecule has 1 saturated carbocycles. The van der Waals surface area contributed by atoms with Crippen molar-refractivity contribution in [1.29, 1.82) is 0 Å². The predicted molar refractivity (Wildman–Crippen MR) is 74.2 cm³/mol. The smallest absolute Gasteiger partial charge is 0.324 e. The molecule has 0 spiro atoms. The zero-order valence-corrected chi connectivity index (χ0v) is 12.3. The highest BCUT2D eigenvalue weighted by atomic mass is 16.5. The van der Waals surface area contributed by atoms with Crippen molar-refractivity contribution in [2.45, 2.75) is 44.8 Å². The highest BCUT2D eigenvalue weighted by Gasteiger charge is 2.24. The second kappa shape index (κ2) is 7.23. The van der Waals surface area contributed by atoms with E-state index in [0.717, 1.165) is 32.2 Å². The summed E-state index contributed by atoms with van der Waals surface area (Å²) in [6.45, 7) is 2.70. The summed E-state index contributed by atoms with van der Waals surface area (Å²) >= 11 is 0. The lowest BCUT2D eigenvalue weighted by Crippen LogP contribution is -2.30. The number of nitrogens with zero attached hydrogens (tertiary/aromatic N) is 3. The average molecular weight is 282 g/mol. The lowest BCUT2D eigenvalue weighted by molar-refractivity contribution is 0.0176. The molecule has 1 N–H and O–H groups in total. The van der Waals surface area contributed by atoms with E-state index in [2.05, 4.69) is 20.3 Å². The summed E-state index contributed by atoms with van der Waals surface area (Å²) in [6.07, 6.45) is 4.36. The molecule has 1 heterocycles. The van der Waals surface area contributed by atoms with Crippen molar-refractivity contribution in [3.05, 3.63) is 0 Å². The lowest BCUT2D eigenvalue weighted by atomic mass is 9.95. The minimum absolute atomic E-state index is 0.0790. The zero-order valence-electron chi connectivity index (χ0n) is 12.3. The topological polar surface area (TPSA) is 78.4 Å². The Hall–Kier alpha value is -1.63. The summed E-state index contributed by atoms with van der Waals surface area (Å²) in [5.41, 5.74) is 0. The first-order chi connectivity index (χ1) is 9.75. The Morgan fingerprint density at radius 3 is 2.55 bits per heavy atom. The van der Waals surface area contributed by atoms with Gasteiger partial charge in [0.15, 0.2) is 0 Å². The van der Waals surface area contributed by atoms with Gasteiger partial charge in [-0.25, -0.2) is 0 Å². The largest absolute Gasteiger partial charge is 0.467 e. The Labute approximate surface area is 119 Å². The first kappa shape index (κ1) is 14.8. The molecule has 2 rings (SSSR count). The number of methoxy groups -OCH3 is 2.